The number of hydrogen-bond donors (Lipinski definition) is 1. The first kappa shape index (κ1) is 15.5. The van der Waals surface area contributed by atoms with Gasteiger partial charge in [0, 0.05) is 17.0 Å². The van der Waals surface area contributed by atoms with E-state index in [2.05, 4.69) is 11.4 Å². The van der Waals surface area contributed by atoms with Gasteiger partial charge >= 0.3 is 0 Å². The fraction of sp³-hybridized carbons (Fsp3) is 0.278. The highest BCUT2D eigenvalue weighted by molar-refractivity contribution is 7.80. The smallest absolute Gasteiger partial charge is 0.188 e. The van der Waals surface area contributed by atoms with E-state index < -0.39 is 5.72 Å². The predicted molar refractivity (Wildman–Crippen MR) is 99.0 cm³/mol. The van der Waals surface area contributed by atoms with E-state index in [1.807, 2.05) is 42.2 Å². The van der Waals surface area contributed by atoms with Crippen LogP contribution in [0.25, 0.3) is 0 Å². The van der Waals surface area contributed by atoms with Gasteiger partial charge in [-0.15, -0.1) is 0 Å². The summed E-state index contributed by atoms with van der Waals surface area (Å²) in [5.41, 5.74) is 1.32. The topological polar surface area (TPSA) is 33.7 Å². The Bertz CT molecular complexity index is 828. The van der Waals surface area contributed by atoms with Gasteiger partial charge < -0.3 is 14.8 Å². The summed E-state index contributed by atoms with van der Waals surface area (Å²) >= 11 is 11.9. The van der Waals surface area contributed by atoms with E-state index in [0.717, 1.165) is 23.4 Å². The number of nitrogens with one attached hydrogen (secondary N) is 1. The molecular weight excluding hydrogens is 344 g/mol. The van der Waals surface area contributed by atoms with Crippen LogP contribution in [0.1, 0.15) is 24.9 Å². The van der Waals surface area contributed by atoms with Crippen LogP contribution in [0.2, 0.25) is 5.02 Å². The number of halogens is 1. The molecule has 6 heteroatoms. The van der Waals surface area contributed by atoms with Crippen LogP contribution < -0.4 is 19.7 Å². The van der Waals surface area contributed by atoms with Crippen molar-refractivity contribution in [2.45, 2.75) is 25.1 Å². The second-order valence-electron chi connectivity index (χ2n) is 6.17. The number of thiocarbonyl (C=S) groups is 1. The highest BCUT2D eigenvalue weighted by Gasteiger charge is 2.48. The zero-order valence-corrected chi connectivity index (χ0v) is 14.9. The number of hydrogen-bond acceptors (Lipinski definition) is 3. The highest BCUT2D eigenvalue weighted by Crippen LogP contribution is 2.47. The van der Waals surface area contributed by atoms with Crippen molar-refractivity contribution < 1.29 is 9.47 Å². The molecule has 2 aromatic rings. The molecule has 1 N–H and O–H groups in total. The number of methoxy groups -OCH3 is 1. The maximum atomic E-state index is 6.37. The number of fused-ring (bicyclic) bond motifs is 4. The summed E-state index contributed by atoms with van der Waals surface area (Å²) in [6, 6.07) is 13.7. The maximum absolute atomic E-state index is 6.37. The average Bonchev–Trinajstić information content (AvgIpc) is 2.54. The second kappa shape index (κ2) is 5.53. The molecule has 0 spiro atoms. The summed E-state index contributed by atoms with van der Waals surface area (Å²) in [4.78, 5) is 1.96. The third kappa shape index (κ3) is 2.31. The zero-order valence-electron chi connectivity index (χ0n) is 13.4. The summed E-state index contributed by atoms with van der Waals surface area (Å²) in [5.74, 6) is 1.57. The van der Waals surface area contributed by atoms with Gasteiger partial charge in [0.25, 0.3) is 0 Å². The van der Waals surface area contributed by atoms with E-state index in [1.54, 1.807) is 13.2 Å². The molecular formula is C18H17ClN2O2S. The number of ether oxygens (including phenoxy) is 2. The van der Waals surface area contributed by atoms with E-state index in [1.165, 1.54) is 0 Å². The molecule has 124 valence electrons. The molecule has 0 saturated carbocycles. The maximum Gasteiger partial charge on any atom is 0.188 e. The Morgan fingerprint density at radius 1 is 1.33 bits per heavy atom. The van der Waals surface area contributed by atoms with Gasteiger partial charge in [-0.3, -0.25) is 4.90 Å². The molecule has 0 unspecified atom stereocenters. The molecule has 0 aliphatic carbocycles. The minimum absolute atomic E-state index is 0.133. The van der Waals surface area contributed by atoms with Crippen LogP contribution >= 0.6 is 23.8 Å². The van der Waals surface area contributed by atoms with Crippen molar-refractivity contribution in [2.24, 2.45) is 0 Å². The lowest BCUT2D eigenvalue weighted by Crippen LogP contribution is -2.65. The van der Waals surface area contributed by atoms with Crippen LogP contribution in [0, 0.1) is 0 Å². The van der Waals surface area contributed by atoms with Crippen molar-refractivity contribution in [3.05, 3.63) is 53.1 Å². The molecule has 24 heavy (non-hydrogen) atoms. The van der Waals surface area contributed by atoms with E-state index in [0.29, 0.717) is 15.9 Å². The summed E-state index contributed by atoms with van der Waals surface area (Å²) in [7, 11) is 1.63. The molecule has 2 atom stereocenters. The van der Waals surface area contributed by atoms with Crippen molar-refractivity contribution in [1.82, 2.24) is 5.32 Å². The van der Waals surface area contributed by atoms with Crippen LogP contribution in [-0.2, 0) is 0 Å². The van der Waals surface area contributed by atoms with E-state index in [9.17, 15) is 0 Å². The Hall–Kier alpha value is -1.98. The number of nitrogens with zero attached hydrogens (tertiary/aromatic N) is 1. The summed E-state index contributed by atoms with van der Waals surface area (Å²) in [5, 5.41) is 4.65. The number of benzene rings is 2. The molecule has 2 aliphatic rings. The molecule has 2 aromatic carbocycles. The number of anilines is 1. The van der Waals surface area contributed by atoms with Gasteiger partial charge in [0.05, 0.1) is 18.8 Å². The summed E-state index contributed by atoms with van der Waals surface area (Å²) in [6.45, 7) is 2.05. The third-order valence-corrected chi connectivity index (χ3v) is 5.10. The Morgan fingerprint density at radius 3 is 2.92 bits per heavy atom. The number of para-hydroxylation sites is 1. The first-order chi connectivity index (χ1) is 11.5. The first-order valence-electron chi connectivity index (χ1n) is 7.74. The molecule has 2 aliphatic heterocycles. The fourth-order valence-electron chi connectivity index (χ4n) is 3.52. The molecule has 0 amide bonds. The van der Waals surface area contributed by atoms with Gasteiger partial charge in [0.2, 0.25) is 0 Å². The van der Waals surface area contributed by atoms with Gasteiger partial charge in [-0.25, -0.2) is 0 Å². The average molecular weight is 361 g/mol. The predicted octanol–water partition coefficient (Wildman–Crippen LogP) is 4.28. The SMILES string of the molecule is COc1ccc(Cl)cc1N1C(=S)N[C@H]2C[C@]1(C)Oc1ccccc12. The lowest BCUT2D eigenvalue weighted by atomic mass is 9.90. The van der Waals surface area contributed by atoms with Crippen LogP contribution in [0.5, 0.6) is 11.5 Å². The largest absolute Gasteiger partial charge is 0.495 e. The fourth-order valence-corrected chi connectivity index (χ4v) is 4.12. The minimum atomic E-state index is -0.612. The molecule has 4 nitrogen and oxygen atoms in total. The Morgan fingerprint density at radius 2 is 2.12 bits per heavy atom. The Labute approximate surface area is 151 Å². The van der Waals surface area contributed by atoms with E-state index >= 15 is 0 Å². The van der Waals surface area contributed by atoms with E-state index in [4.69, 9.17) is 33.3 Å². The summed E-state index contributed by atoms with van der Waals surface area (Å²) < 4.78 is 11.9. The minimum Gasteiger partial charge on any atom is -0.495 e. The van der Waals surface area contributed by atoms with Crippen LogP contribution in [0.4, 0.5) is 5.69 Å². The Kier molecular flexibility index (Phi) is 3.58. The summed E-state index contributed by atoms with van der Waals surface area (Å²) in [6.07, 6.45) is 0.764. The van der Waals surface area contributed by atoms with Gasteiger partial charge in [-0.1, -0.05) is 29.8 Å². The van der Waals surface area contributed by atoms with Gasteiger partial charge in [0.15, 0.2) is 10.8 Å². The quantitative estimate of drug-likeness (QED) is 0.808. The zero-order chi connectivity index (χ0) is 16.9. The number of rotatable bonds is 2. The molecule has 1 saturated heterocycles. The third-order valence-electron chi connectivity index (χ3n) is 4.56. The second-order valence-corrected chi connectivity index (χ2v) is 7.00. The highest BCUT2D eigenvalue weighted by atomic mass is 35.5. The monoisotopic (exact) mass is 360 g/mol. The van der Waals surface area contributed by atoms with Crippen LogP contribution in [0.3, 0.4) is 0 Å². The molecule has 4 rings (SSSR count). The van der Waals surface area contributed by atoms with E-state index in [-0.39, 0.29) is 6.04 Å². The van der Waals surface area contributed by atoms with Crippen LogP contribution in [0.15, 0.2) is 42.5 Å². The van der Waals surface area contributed by atoms with Crippen molar-refractivity contribution in [3.63, 3.8) is 0 Å². The molecule has 2 heterocycles. The normalized spacial score (nSPS) is 24.7. The first-order valence-corrected chi connectivity index (χ1v) is 8.53. The molecule has 0 radical (unpaired) electrons. The molecule has 1 fully saturated rings. The standard InChI is InChI=1S/C18H17ClN2O2S/c1-18-10-13(12-5-3-4-6-15(12)23-18)20-17(24)21(18)14-9-11(19)7-8-16(14)22-2/h3-9,13H,10H2,1-2H3,(H,20,24)/t13-,18-/m0/s1. The van der Waals surface area contributed by atoms with Gasteiger partial charge in [-0.2, -0.15) is 0 Å². The Balaban J connectivity index is 1.84. The lowest BCUT2D eigenvalue weighted by molar-refractivity contribution is 0.0494. The van der Waals surface area contributed by atoms with Crippen molar-refractivity contribution in [3.8, 4) is 11.5 Å². The molecule has 2 bridgehead atoms. The lowest BCUT2D eigenvalue weighted by Gasteiger charge is -2.52. The van der Waals surface area contributed by atoms with Crippen molar-refractivity contribution in [2.75, 3.05) is 12.0 Å². The van der Waals surface area contributed by atoms with Gasteiger partial charge in [0.1, 0.15) is 11.5 Å². The van der Waals surface area contributed by atoms with Crippen LogP contribution in [-0.4, -0.2) is 17.9 Å². The van der Waals surface area contributed by atoms with Crippen molar-refractivity contribution in [1.29, 1.82) is 0 Å². The molecule has 0 aromatic heterocycles. The van der Waals surface area contributed by atoms with Crippen molar-refractivity contribution >= 4 is 34.6 Å². The van der Waals surface area contributed by atoms with Gasteiger partial charge in [-0.05, 0) is 43.4 Å².